The molecule has 56 valence electrons. The largest absolute Gasteiger partial charge is 0.364 e. The number of ether oxygens (including phenoxy) is 1. The maximum atomic E-state index is 5.69. The first-order chi connectivity index (χ1) is 4.22. The van der Waals surface area contributed by atoms with E-state index in [1.165, 1.54) is 7.11 Å². The van der Waals surface area contributed by atoms with Crippen molar-refractivity contribution in [2.45, 2.75) is 17.4 Å². The van der Waals surface area contributed by atoms with Gasteiger partial charge in [0.05, 0.1) is 5.38 Å². The third kappa shape index (κ3) is 4.26. The summed E-state index contributed by atoms with van der Waals surface area (Å²) in [6.45, 7) is 0. The first-order valence-electron chi connectivity index (χ1n) is 2.59. The molecule has 0 radical (unpaired) electrons. The molecular weight excluding hydrogens is 182 g/mol. The highest BCUT2D eigenvalue weighted by atomic mass is 35.5. The average molecular weight is 191 g/mol. The molecule has 0 amide bonds. The molecule has 0 bridgehead atoms. The van der Waals surface area contributed by atoms with Crippen LogP contribution in [0.2, 0.25) is 0 Å². The summed E-state index contributed by atoms with van der Waals surface area (Å²) in [6, 6.07) is 0. The summed E-state index contributed by atoms with van der Waals surface area (Å²) in [5, 5.41) is -0.186. The molecule has 0 aliphatic heterocycles. The van der Waals surface area contributed by atoms with Crippen molar-refractivity contribution < 1.29 is 4.74 Å². The Hall–Kier alpha value is 0.830. The van der Waals surface area contributed by atoms with E-state index in [4.69, 9.17) is 39.5 Å². The lowest BCUT2D eigenvalue weighted by atomic mass is 10.3. The predicted octanol–water partition coefficient (Wildman–Crippen LogP) is 2.43. The van der Waals surface area contributed by atoms with Gasteiger partial charge < -0.3 is 4.74 Å². The summed E-state index contributed by atoms with van der Waals surface area (Å²) in [5.41, 5.74) is -0.426. The third-order valence-corrected chi connectivity index (χ3v) is 2.17. The van der Waals surface area contributed by atoms with E-state index in [1.54, 1.807) is 0 Å². The molecule has 0 spiro atoms. The van der Waals surface area contributed by atoms with E-state index in [-0.39, 0.29) is 5.38 Å². The molecule has 9 heavy (non-hydrogen) atoms. The summed E-state index contributed by atoms with van der Waals surface area (Å²) in [6.07, 6.45) is 0.672. The van der Waals surface area contributed by atoms with Gasteiger partial charge in [-0.3, -0.25) is 0 Å². The Bertz CT molecular complexity index is 69.2. The van der Waals surface area contributed by atoms with Crippen LogP contribution in [0.15, 0.2) is 0 Å². The van der Waals surface area contributed by atoms with Crippen LogP contribution >= 0.6 is 34.8 Å². The molecule has 0 aromatic carbocycles. The van der Waals surface area contributed by atoms with Gasteiger partial charge in [-0.25, -0.2) is 0 Å². The minimum absolute atomic E-state index is 0.186. The van der Waals surface area contributed by atoms with Crippen LogP contribution in [0.25, 0.3) is 0 Å². The Balaban J connectivity index is 3.32. The summed E-state index contributed by atoms with van der Waals surface area (Å²) >= 11 is 16.7. The standard InChI is InChI=1S/C5H9Cl3O/c1-9-5(8)4(7)2-3-6/h4-5H,2-3H2,1H3. The van der Waals surface area contributed by atoms with E-state index in [1.807, 2.05) is 0 Å². The topological polar surface area (TPSA) is 9.23 Å². The zero-order chi connectivity index (χ0) is 7.28. The van der Waals surface area contributed by atoms with Crippen molar-refractivity contribution in [1.82, 2.24) is 0 Å². The number of halogens is 3. The number of methoxy groups -OCH3 is 1. The molecule has 0 aromatic heterocycles. The summed E-state index contributed by atoms with van der Waals surface area (Å²) in [4.78, 5) is 0. The van der Waals surface area contributed by atoms with Gasteiger partial charge in [-0.2, -0.15) is 0 Å². The smallest absolute Gasteiger partial charge is 0.147 e. The summed E-state index contributed by atoms with van der Waals surface area (Å²) < 4.78 is 4.74. The fourth-order valence-electron chi connectivity index (χ4n) is 0.383. The van der Waals surface area contributed by atoms with Gasteiger partial charge in [-0.05, 0) is 6.42 Å². The molecular formula is C5H9Cl3O. The fourth-order valence-corrected chi connectivity index (χ4v) is 1.07. The molecule has 0 fully saturated rings. The zero-order valence-corrected chi connectivity index (χ0v) is 7.38. The van der Waals surface area contributed by atoms with Crippen LogP contribution in [-0.2, 0) is 4.74 Å². The Labute approximate surface area is 70.2 Å². The first kappa shape index (κ1) is 9.83. The molecule has 2 unspecified atom stereocenters. The van der Waals surface area contributed by atoms with Crippen molar-refractivity contribution in [1.29, 1.82) is 0 Å². The second kappa shape index (κ2) is 5.60. The lowest BCUT2D eigenvalue weighted by Gasteiger charge is -2.11. The van der Waals surface area contributed by atoms with Crippen molar-refractivity contribution in [3.05, 3.63) is 0 Å². The maximum Gasteiger partial charge on any atom is 0.147 e. The van der Waals surface area contributed by atoms with Crippen LogP contribution in [0.1, 0.15) is 6.42 Å². The third-order valence-electron chi connectivity index (χ3n) is 0.894. The molecule has 0 heterocycles. The van der Waals surface area contributed by atoms with E-state index >= 15 is 0 Å². The van der Waals surface area contributed by atoms with E-state index in [0.717, 1.165) is 0 Å². The van der Waals surface area contributed by atoms with Crippen LogP contribution in [0, 0.1) is 0 Å². The van der Waals surface area contributed by atoms with Crippen LogP contribution in [0.4, 0.5) is 0 Å². The average Bonchev–Trinajstić information content (AvgIpc) is 1.87. The molecule has 0 N–H and O–H groups in total. The lowest BCUT2D eigenvalue weighted by molar-refractivity contribution is 0.162. The minimum Gasteiger partial charge on any atom is -0.364 e. The van der Waals surface area contributed by atoms with Gasteiger partial charge >= 0.3 is 0 Å². The van der Waals surface area contributed by atoms with Crippen molar-refractivity contribution in [3.8, 4) is 0 Å². The Morgan fingerprint density at radius 1 is 1.44 bits per heavy atom. The van der Waals surface area contributed by atoms with E-state index in [2.05, 4.69) is 0 Å². The predicted molar refractivity (Wildman–Crippen MR) is 41.6 cm³/mol. The second-order valence-electron chi connectivity index (χ2n) is 1.58. The second-order valence-corrected chi connectivity index (χ2v) is 2.95. The zero-order valence-electron chi connectivity index (χ0n) is 5.11. The van der Waals surface area contributed by atoms with E-state index in [9.17, 15) is 0 Å². The molecule has 0 saturated carbocycles. The Kier molecular flexibility index (Phi) is 6.12. The SMILES string of the molecule is COC(Cl)C(Cl)CCCl. The quantitative estimate of drug-likeness (QED) is 0.620. The van der Waals surface area contributed by atoms with E-state index < -0.39 is 5.56 Å². The fraction of sp³-hybridized carbons (Fsp3) is 1.00. The highest BCUT2D eigenvalue weighted by Gasteiger charge is 2.13. The molecule has 0 rings (SSSR count). The van der Waals surface area contributed by atoms with E-state index in [0.29, 0.717) is 12.3 Å². The van der Waals surface area contributed by atoms with Crippen molar-refractivity contribution in [3.63, 3.8) is 0 Å². The lowest BCUT2D eigenvalue weighted by Crippen LogP contribution is -2.17. The first-order valence-corrected chi connectivity index (χ1v) is 4.00. The van der Waals surface area contributed by atoms with Gasteiger partial charge in [0, 0.05) is 13.0 Å². The molecule has 0 aliphatic carbocycles. The highest BCUT2D eigenvalue weighted by molar-refractivity contribution is 6.29. The number of hydrogen-bond donors (Lipinski definition) is 0. The van der Waals surface area contributed by atoms with Gasteiger partial charge in [-0.1, -0.05) is 11.6 Å². The number of rotatable bonds is 4. The number of hydrogen-bond acceptors (Lipinski definition) is 1. The summed E-state index contributed by atoms with van der Waals surface area (Å²) in [7, 11) is 1.52. The minimum atomic E-state index is -0.426. The van der Waals surface area contributed by atoms with Gasteiger partial charge in [0.25, 0.3) is 0 Å². The molecule has 4 heteroatoms. The molecule has 0 aromatic rings. The van der Waals surface area contributed by atoms with Crippen LogP contribution in [-0.4, -0.2) is 23.9 Å². The van der Waals surface area contributed by atoms with Gasteiger partial charge in [0.15, 0.2) is 0 Å². The van der Waals surface area contributed by atoms with Crippen molar-refractivity contribution in [2.24, 2.45) is 0 Å². The molecule has 0 aliphatic rings. The monoisotopic (exact) mass is 190 g/mol. The normalized spacial score (nSPS) is 17.3. The summed E-state index contributed by atoms with van der Waals surface area (Å²) in [5.74, 6) is 0.515. The van der Waals surface area contributed by atoms with Crippen LogP contribution in [0.5, 0.6) is 0 Å². The molecule has 0 saturated heterocycles. The van der Waals surface area contributed by atoms with Gasteiger partial charge in [0.2, 0.25) is 0 Å². The highest BCUT2D eigenvalue weighted by Crippen LogP contribution is 2.14. The number of alkyl halides is 3. The Morgan fingerprint density at radius 2 is 2.00 bits per heavy atom. The van der Waals surface area contributed by atoms with Crippen LogP contribution < -0.4 is 0 Å². The maximum absolute atomic E-state index is 5.69. The molecule has 2 atom stereocenters. The van der Waals surface area contributed by atoms with Crippen molar-refractivity contribution in [2.75, 3.05) is 13.0 Å². The van der Waals surface area contributed by atoms with Gasteiger partial charge in [0.1, 0.15) is 5.56 Å². The van der Waals surface area contributed by atoms with Crippen molar-refractivity contribution >= 4 is 34.8 Å². The van der Waals surface area contributed by atoms with Crippen LogP contribution in [0.3, 0.4) is 0 Å². The Morgan fingerprint density at radius 3 is 2.33 bits per heavy atom. The van der Waals surface area contributed by atoms with Gasteiger partial charge in [-0.15, -0.1) is 23.2 Å². The molecule has 1 nitrogen and oxygen atoms in total.